The van der Waals surface area contributed by atoms with Gasteiger partial charge in [0.2, 0.25) is 0 Å². The van der Waals surface area contributed by atoms with E-state index in [2.05, 4.69) is 26.5 Å². The van der Waals surface area contributed by atoms with Gasteiger partial charge in [-0.3, -0.25) is 14.4 Å². The largest absolute Gasteiger partial charge is 0.481 e. The third-order valence-corrected chi connectivity index (χ3v) is 7.22. The van der Waals surface area contributed by atoms with Crippen molar-refractivity contribution in [2.24, 2.45) is 23.2 Å². The summed E-state index contributed by atoms with van der Waals surface area (Å²) in [6.07, 6.45) is 10.4. The van der Waals surface area contributed by atoms with Gasteiger partial charge in [-0.25, -0.2) is 4.79 Å². The first kappa shape index (κ1) is 26.5. The Morgan fingerprint density at radius 3 is 2.64 bits per heavy atom. The van der Waals surface area contributed by atoms with Gasteiger partial charge in [0, 0.05) is 11.5 Å². The van der Waals surface area contributed by atoms with Crippen LogP contribution in [0.25, 0.3) is 0 Å². The van der Waals surface area contributed by atoms with Crippen LogP contribution in [0, 0.1) is 23.2 Å². The molecular formula is C27H36O6. The molecular weight excluding hydrogens is 420 g/mol. The number of hydrogen-bond acceptors (Lipinski definition) is 5. The predicted molar refractivity (Wildman–Crippen MR) is 126 cm³/mol. The molecule has 6 heteroatoms. The molecule has 0 aromatic heterocycles. The second-order valence-corrected chi connectivity index (χ2v) is 9.63. The third-order valence-electron chi connectivity index (χ3n) is 7.22. The first-order chi connectivity index (χ1) is 15.5. The molecule has 1 fully saturated rings. The lowest BCUT2D eigenvalue weighted by Crippen LogP contribution is -2.49. The summed E-state index contributed by atoms with van der Waals surface area (Å²) in [6.45, 7) is 11.7. The number of rotatable bonds is 10. The quantitative estimate of drug-likeness (QED) is 0.215. The number of carboxylic acids is 1. The van der Waals surface area contributed by atoms with E-state index < -0.39 is 35.3 Å². The average molecular weight is 457 g/mol. The minimum Gasteiger partial charge on any atom is -0.481 e. The highest BCUT2D eigenvalue weighted by atomic mass is 16.5. The molecule has 2 aliphatic carbocycles. The molecule has 180 valence electrons. The summed E-state index contributed by atoms with van der Waals surface area (Å²) >= 11 is 0. The van der Waals surface area contributed by atoms with Gasteiger partial charge in [-0.05, 0) is 62.2 Å². The normalized spacial score (nSPS) is 28.6. The van der Waals surface area contributed by atoms with Crippen LogP contribution in [-0.4, -0.2) is 35.2 Å². The van der Waals surface area contributed by atoms with E-state index in [1.54, 1.807) is 13.0 Å². The first-order valence-electron chi connectivity index (χ1n) is 11.7. The second kappa shape index (κ2) is 11.4. The molecule has 2 aliphatic rings. The van der Waals surface area contributed by atoms with Gasteiger partial charge in [-0.2, -0.15) is 0 Å². The summed E-state index contributed by atoms with van der Waals surface area (Å²) in [5.41, 5.74) is 0.716. The van der Waals surface area contributed by atoms with Gasteiger partial charge in [-0.15, -0.1) is 0 Å². The molecule has 0 aliphatic heterocycles. The smallest absolute Gasteiger partial charge is 0.331 e. The molecule has 0 aromatic carbocycles. The monoisotopic (exact) mass is 456 g/mol. The Kier molecular flexibility index (Phi) is 9.15. The van der Waals surface area contributed by atoms with Crippen LogP contribution in [-0.2, 0) is 23.9 Å². The van der Waals surface area contributed by atoms with Crippen LogP contribution in [0.1, 0.15) is 66.2 Å². The highest BCUT2D eigenvalue weighted by Gasteiger charge is 2.53. The molecule has 0 radical (unpaired) electrons. The number of allylic oxidation sites excluding steroid dienone is 5. The van der Waals surface area contributed by atoms with Gasteiger partial charge in [0.05, 0.1) is 11.8 Å². The molecule has 2 rings (SSSR count). The Hall–Kier alpha value is -2.76. The number of carbonyl (C=O) groups excluding carboxylic acids is 3. The number of aldehydes is 1. The molecule has 1 saturated carbocycles. The summed E-state index contributed by atoms with van der Waals surface area (Å²) in [7, 11) is 0. The molecule has 0 aromatic rings. The number of esters is 1. The number of ether oxygens (including phenoxy) is 1. The van der Waals surface area contributed by atoms with Gasteiger partial charge in [0.15, 0.2) is 5.78 Å². The zero-order chi connectivity index (χ0) is 24.8. The summed E-state index contributed by atoms with van der Waals surface area (Å²) in [5.74, 6) is -2.62. The zero-order valence-electron chi connectivity index (χ0n) is 20.1. The van der Waals surface area contributed by atoms with Crippen LogP contribution in [0.4, 0.5) is 0 Å². The number of carboxylic acid groups (broad SMARTS) is 1. The standard InChI is InChI=1S/C27H36O6/c1-6-17(2)8-7-9-18(3)10-13-25(30)33-24-12-11-21(26(31)32)27(5)15-20(19(4)16-28)23(29)14-22(24)27/h9-10,13-14,16-17,20-21,24H,4,6-8,11-12,15H2,1-3,5H3,(H,31,32)/b13-10+,18-9+/t17?,20-,21+,24+,27+/m0/s1. The van der Waals surface area contributed by atoms with Gasteiger partial charge >= 0.3 is 11.9 Å². The Morgan fingerprint density at radius 2 is 2.03 bits per heavy atom. The van der Waals surface area contributed by atoms with Crippen LogP contribution in [0.15, 0.2) is 47.6 Å². The molecule has 33 heavy (non-hydrogen) atoms. The van der Waals surface area contributed by atoms with E-state index in [9.17, 15) is 24.3 Å². The van der Waals surface area contributed by atoms with E-state index >= 15 is 0 Å². The number of hydrogen-bond donors (Lipinski definition) is 1. The zero-order valence-corrected chi connectivity index (χ0v) is 20.1. The fourth-order valence-corrected chi connectivity index (χ4v) is 4.82. The molecule has 0 amide bonds. The van der Waals surface area contributed by atoms with Crippen molar-refractivity contribution in [2.75, 3.05) is 0 Å². The summed E-state index contributed by atoms with van der Waals surface area (Å²) in [4.78, 5) is 48.4. The Labute approximate surface area is 196 Å². The lowest BCUT2D eigenvalue weighted by molar-refractivity contribution is -0.152. The first-order valence-corrected chi connectivity index (χ1v) is 11.7. The topological polar surface area (TPSA) is 97.7 Å². The van der Waals surface area contributed by atoms with Gasteiger partial charge in [0.1, 0.15) is 12.4 Å². The fourth-order valence-electron chi connectivity index (χ4n) is 4.82. The average Bonchev–Trinajstić information content (AvgIpc) is 2.77. The molecule has 0 bridgehead atoms. The number of carbonyl (C=O) groups is 4. The van der Waals surface area contributed by atoms with Crippen LogP contribution in [0.3, 0.4) is 0 Å². The maximum atomic E-state index is 12.7. The summed E-state index contributed by atoms with van der Waals surface area (Å²) < 4.78 is 5.68. The highest BCUT2D eigenvalue weighted by molar-refractivity contribution is 6.00. The molecule has 0 spiro atoms. The Morgan fingerprint density at radius 1 is 1.33 bits per heavy atom. The molecule has 0 saturated heterocycles. The SMILES string of the molecule is C=C(C=O)[C@@H]1C[C@@]2(C)C(=CC1=O)[C@H](OC(=O)/C=C/C(C)=C/CCC(C)CC)CC[C@@H]2C(=O)O. The van der Waals surface area contributed by atoms with Crippen molar-refractivity contribution >= 4 is 24.0 Å². The molecule has 5 atom stereocenters. The number of ketones is 1. The van der Waals surface area contributed by atoms with Crippen LogP contribution < -0.4 is 0 Å². The second-order valence-electron chi connectivity index (χ2n) is 9.63. The number of fused-ring (bicyclic) bond motifs is 1. The summed E-state index contributed by atoms with van der Waals surface area (Å²) in [5, 5.41) is 9.80. The molecule has 1 N–H and O–H groups in total. The molecule has 1 unspecified atom stereocenters. The molecule has 6 nitrogen and oxygen atoms in total. The van der Waals surface area contributed by atoms with Gasteiger partial charge in [-0.1, -0.05) is 51.5 Å². The minimum absolute atomic E-state index is 0.137. The highest BCUT2D eigenvalue weighted by Crippen LogP contribution is 2.53. The van der Waals surface area contributed by atoms with Crippen molar-refractivity contribution < 1.29 is 29.0 Å². The number of aliphatic carboxylic acids is 1. The van der Waals surface area contributed by atoms with E-state index in [1.165, 1.54) is 12.2 Å². The van der Waals surface area contributed by atoms with E-state index in [4.69, 9.17) is 4.74 Å². The van der Waals surface area contributed by atoms with Crippen molar-refractivity contribution in [3.05, 3.63) is 47.6 Å². The van der Waals surface area contributed by atoms with Crippen LogP contribution in [0.2, 0.25) is 0 Å². The Bertz CT molecular complexity index is 892. The lowest BCUT2D eigenvalue weighted by Gasteiger charge is -2.48. The van der Waals surface area contributed by atoms with E-state index in [0.717, 1.165) is 24.8 Å². The van der Waals surface area contributed by atoms with E-state index in [-0.39, 0.29) is 17.8 Å². The van der Waals surface area contributed by atoms with Crippen molar-refractivity contribution in [3.8, 4) is 0 Å². The third kappa shape index (κ3) is 6.40. The van der Waals surface area contributed by atoms with E-state index in [0.29, 0.717) is 30.6 Å². The maximum absolute atomic E-state index is 12.7. The Balaban J connectivity index is 2.18. The van der Waals surface area contributed by atoms with Gasteiger partial charge in [0.25, 0.3) is 0 Å². The van der Waals surface area contributed by atoms with Crippen molar-refractivity contribution in [1.29, 1.82) is 0 Å². The van der Waals surface area contributed by atoms with Gasteiger partial charge < -0.3 is 9.84 Å². The maximum Gasteiger partial charge on any atom is 0.331 e. The van der Waals surface area contributed by atoms with E-state index in [1.807, 2.05) is 6.92 Å². The van der Waals surface area contributed by atoms with Crippen molar-refractivity contribution in [3.63, 3.8) is 0 Å². The lowest BCUT2D eigenvalue weighted by atomic mass is 9.56. The summed E-state index contributed by atoms with van der Waals surface area (Å²) in [6, 6.07) is 0. The van der Waals surface area contributed by atoms with Crippen molar-refractivity contribution in [2.45, 2.75) is 72.3 Å². The molecule has 0 heterocycles. The van der Waals surface area contributed by atoms with Crippen LogP contribution in [0.5, 0.6) is 0 Å². The minimum atomic E-state index is -0.962. The van der Waals surface area contributed by atoms with Crippen LogP contribution >= 0.6 is 0 Å². The van der Waals surface area contributed by atoms with Crippen molar-refractivity contribution in [1.82, 2.24) is 0 Å². The fraction of sp³-hybridized carbons (Fsp3) is 0.556. The predicted octanol–water partition coefficient (Wildman–Crippen LogP) is 5.00.